The minimum absolute atomic E-state index is 0.371. The van der Waals surface area contributed by atoms with Crippen LogP contribution < -0.4 is 0 Å². The van der Waals surface area contributed by atoms with Gasteiger partial charge < -0.3 is 9.84 Å². The van der Waals surface area contributed by atoms with E-state index < -0.39 is 24.0 Å². The Hall–Kier alpha value is -1.06. The maximum absolute atomic E-state index is 11.2. The van der Waals surface area contributed by atoms with Crippen molar-refractivity contribution in [3.8, 4) is 0 Å². The third-order valence-electron chi connectivity index (χ3n) is 3.01. The molecule has 1 N–H and O–H groups in total. The lowest BCUT2D eigenvalue weighted by atomic mass is 9.89. The van der Waals surface area contributed by atoms with E-state index in [1.807, 2.05) is 13.8 Å². The minimum atomic E-state index is -1.14. The summed E-state index contributed by atoms with van der Waals surface area (Å²) < 4.78 is 5.21. The molecule has 0 bridgehead atoms. The van der Waals surface area contributed by atoms with Crippen molar-refractivity contribution >= 4 is 11.9 Å². The zero-order chi connectivity index (χ0) is 11.5. The number of rotatable bonds is 4. The van der Waals surface area contributed by atoms with Gasteiger partial charge in [0.05, 0.1) is 0 Å². The lowest BCUT2D eigenvalue weighted by molar-refractivity contribution is -0.165. The fourth-order valence-corrected chi connectivity index (χ4v) is 2.16. The van der Waals surface area contributed by atoms with Crippen LogP contribution in [0.1, 0.15) is 46.0 Å². The van der Waals surface area contributed by atoms with Crippen LogP contribution in [-0.4, -0.2) is 22.6 Å². The molecule has 0 spiro atoms. The molecule has 0 aromatic carbocycles. The Morgan fingerprint density at radius 3 is 2.33 bits per heavy atom. The number of aliphatic carboxylic acids is 1. The van der Waals surface area contributed by atoms with E-state index in [1.54, 1.807) is 0 Å². The SMILES string of the molecule is CC(C)(OC(=O)CC(=O)O)C1CCCC1. The zero-order valence-electron chi connectivity index (χ0n) is 9.28. The molecule has 15 heavy (non-hydrogen) atoms. The lowest BCUT2D eigenvalue weighted by Crippen LogP contribution is -2.35. The van der Waals surface area contributed by atoms with Crippen LogP contribution in [0.15, 0.2) is 0 Å². The molecule has 0 heterocycles. The van der Waals surface area contributed by atoms with Crippen molar-refractivity contribution in [2.24, 2.45) is 5.92 Å². The largest absolute Gasteiger partial charge is 0.481 e. The van der Waals surface area contributed by atoms with Gasteiger partial charge in [-0.3, -0.25) is 9.59 Å². The van der Waals surface area contributed by atoms with E-state index in [2.05, 4.69) is 0 Å². The number of carbonyl (C=O) groups is 2. The first-order chi connectivity index (χ1) is 6.92. The summed E-state index contributed by atoms with van der Waals surface area (Å²) in [4.78, 5) is 21.5. The molecule has 1 rings (SSSR count). The van der Waals surface area contributed by atoms with Gasteiger partial charge in [0.2, 0.25) is 0 Å². The first-order valence-corrected chi connectivity index (χ1v) is 5.35. The Morgan fingerprint density at radius 2 is 1.87 bits per heavy atom. The van der Waals surface area contributed by atoms with Crippen molar-refractivity contribution in [3.05, 3.63) is 0 Å². The number of carboxylic acids is 1. The van der Waals surface area contributed by atoms with E-state index in [1.165, 1.54) is 12.8 Å². The third-order valence-corrected chi connectivity index (χ3v) is 3.01. The molecule has 0 radical (unpaired) electrons. The fraction of sp³-hybridized carbons (Fsp3) is 0.818. The molecule has 4 nitrogen and oxygen atoms in total. The van der Waals surface area contributed by atoms with E-state index in [0.29, 0.717) is 5.92 Å². The smallest absolute Gasteiger partial charge is 0.317 e. The first-order valence-electron chi connectivity index (χ1n) is 5.35. The number of esters is 1. The monoisotopic (exact) mass is 214 g/mol. The second kappa shape index (κ2) is 4.64. The zero-order valence-corrected chi connectivity index (χ0v) is 9.28. The Balaban J connectivity index is 2.47. The van der Waals surface area contributed by atoms with Crippen molar-refractivity contribution < 1.29 is 19.4 Å². The predicted octanol–water partition coefficient (Wildman–Crippen LogP) is 1.97. The molecule has 0 unspecified atom stereocenters. The van der Waals surface area contributed by atoms with Gasteiger partial charge in [-0.1, -0.05) is 12.8 Å². The molecule has 0 aromatic heterocycles. The van der Waals surface area contributed by atoms with Gasteiger partial charge in [-0.25, -0.2) is 0 Å². The van der Waals surface area contributed by atoms with Crippen LogP contribution in [0, 0.1) is 5.92 Å². The van der Waals surface area contributed by atoms with Crippen LogP contribution in [0.4, 0.5) is 0 Å². The van der Waals surface area contributed by atoms with Crippen LogP contribution in [0.3, 0.4) is 0 Å². The average Bonchev–Trinajstić information content (AvgIpc) is 2.51. The quantitative estimate of drug-likeness (QED) is 0.574. The number of hydrogen-bond donors (Lipinski definition) is 1. The topological polar surface area (TPSA) is 63.6 Å². The van der Waals surface area contributed by atoms with Crippen LogP contribution in [0.2, 0.25) is 0 Å². The van der Waals surface area contributed by atoms with Crippen molar-refractivity contribution in [1.29, 1.82) is 0 Å². The second-order valence-corrected chi connectivity index (χ2v) is 4.63. The predicted molar refractivity (Wildman–Crippen MR) is 54.4 cm³/mol. The van der Waals surface area contributed by atoms with E-state index in [-0.39, 0.29) is 0 Å². The van der Waals surface area contributed by atoms with E-state index in [9.17, 15) is 9.59 Å². The first kappa shape index (κ1) is 12.0. The van der Waals surface area contributed by atoms with Gasteiger partial charge in [0.15, 0.2) is 0 Å². The fourth-order valence-electron chi connectivity index (χ4n) is 2.16. The third kappa shape index (κ3) is 3.53. The maximum Gasteiger partial charge on any atom is 0.317 e. The summed E-state index contributed by atoms with van der Waals surface area (Å²) >= 11 is 0. The van der Waals surface area contributed by atoms with Crippen LogP contribution >= 0.6 is 0 Å². The van der Waals surface area contributed by atoms with Gasteiger partial charge >= 0.3 is 11.9 Å². The van der Waals surface area contributed by atoms with Crippen molar-refractivity contribution in [1.82, 2.24) is 0 Å². The van der Waals surface area contributed by atoms with Gasteiger partial charge in [0.25, 0.3) is 0 Å². The van der Waals surface area contributed by atoms with Crippen molar-refractivity contribution in [2.45, 2.75) is 51.6 Å². The molecule has 0 saturated heterocycles. The maximum atomic E-state index is 11.2. The van der Waals surface area contributed by atoms with Gasteiger partial charge in [0.1, 0.15) is 12.0 Å². The van der Waals surface area contributed by atoms with Gasteiger partial charge in [-0.2, -0.15) is 0 Å². The summed E-state index contributed by atoms with van der Waals surface area (Å²) in [7, 11) is 0. The molecular formula is C11H18O4. The molecule has 0 atom stereocenters. The molecule has 1 saturated carbocycles. The number of carbonyl (C=O) groups excluding carboxylic acids is 1. The summed E-state index contributed by atoms with van der Waals surface area (Å²) in [6.45, 7) is 3.73. The van der Waals surface area contributed by atoms with E-state index in [4.69, 9.17) is 9.84 Å². The van der Waals surface area contributed by atoms with Crippen molar-refractivity contribution in [3.63, 3.8) is 0 Å². The molecule has 0 aromatic rings. The molecule has 0 amide bonds. The van der Waals surface area contributed by atoms with Crippen LogP contribution in [-0.2, 0) is 14.3 Å². The second-order valence-electron chi connectivity index (χ2n) is 4.63. The Labute approximate surface area is 89.6 Å². The summed E-state index contributed by atoms with van der Waals surface area (Å²) in [5.74, 6) is -1.41. The number of hydrogen-bond acceptors (Lipinski definition) is 3. The molecule has 0 aliphatic heterocycles. The number of ether oxygens (including phenoxy) is 1. The minimum Gasteiger partial charge on any atom is -0.481 e. The Morgan fingerprint density at radius 1 is 1.33 bits per heavy atom. The molecule has 1 fully saturated rings. The molecule has 1 aliphatic carbocycles. The standard InChI is InChI=1S/C11H18O4/c1-11(2,8-5-3-4-6-8)15-10(14)7-9(12)13/h8H,3-7H2,1-2H3,(H,12,13). The lowest BCUT2D eigenvalue weighted by Gasteiger charge is -2.31. The summed E-state index contributed by atoms with van der Waals surface area (Å²) in [6.07, 6.45) is 3.92. The van der Waals surface area contributed by atoms with Crippen LogP contribution in [0.25, 0.3) is 0 Å². The average molecular weight is 214 g/mol. The van der Waals surface area contributed by atoms with Crippen molar-refractivity contribution in [2.75, 3.05) is 0 Å². The number of carboxylic acid groups (broad SMARTS) is 1. The molecule has 86 valence electrons. The molecule has 1 aliphatic rings. The highest BCUT2D eigenvalue weighted by Gasteiger charge is 2.35. The highest BCUT2D eigenvalue weighted by Crippen LogP contribution is 2.36. The van der Waals surface area contributed by atoms with Gasteiger partial charge in [-0.15, -0.1) is 0 Å². The molecular weight excluding hydrogens is 196 g/mol. The van der Waals surface area contributed by atoms with E-state index >= 15 is 0 Å². The highest BCUT2D eigenvalue weighted by atomic mass is 16.6. The van der Waals surface area contributed by atoms with Crippen LogP contribution in [0.5, 0.6) is 0 Å². The summed E-state index contributed by atoms with van der Waals surface area (Å²) in [5, 5.41) is 8.45. The summed E-state index contributed by atoms with van der Waals surface area (Å²) in [6, 6.07) is 0. The van der Waals surface area contributed by atoms with Gasteiger partial charge in [0, 0.05) is 0 Å². The highest BCUT2D eigenvalue weighted by molar-refractivity contribution is 5.90. The van der Waals surface area contributed by atoms with E-state index in [0.717, 1.165) is 12.8 Å². The Bertz CT molecular complexity index is 251. The van der Waals surface area contributed by atoms with Gasteiger partial charge in [-0.05, 0) is 32.6 Å². The Kier molecular flexibility index (Phi) is 3.72. The summed E-state index contributed by atoms with van der Waals surface area (Å²) in [5.41, 5.74) is -0.525. The molecule has 4 heteroatoms. The normalized spacial score (nSPS) is 17.7.